The molecule has 0 unspecified atom stereocenters. The summed E-state index contributed by atoms with van der Waals surface area (Å²) in [7, 11) is -3.02. The van der Waals surface area contributed by atoms with Crippen molar-refractivity contribution >= 4 is 15.7 Å². The summed E-state index contributed by atoms with van der Waals surface area (Å²) in [5, 5.41) is 8.80. The largest absolute Gasteiger partial charge is 0.384 e. The first-order valence-electron chi connectivity index (χ1n) is 6.63. The van der Waals surface area contributed by atoms with Crippen LogP contribution < -0.4 is 0 Å². The van der Waals surface area contributed by atoms with Crippen LogP contribution in [0.3, 0.4) is 0 Å². The van der Waals surface area contributed by atoms with E-state index in [1.165, 1.54) is 4.90 Å². The Labute approximate surface area is 124 Å². The maximum Gasteiger partial charge on any atom is 0.255 e. The maximum absolute atomic E-state index is 12.5. The average Bonchev–Trinajstić information content (AvgIpc) is 2.44. The first kappa shape index (κ1) is 15.5. The highest BCUT2D eigenvalue weighted by Gasteiger charge is 2.26. The highest BCUT2D eigenvalue weighted by molar-refractivity contribution is 7.91. The van der Waals surface area contributed by atoms with Crippen LogP contribution in [0.2, 0.25) is 0 Å². The van der Waals surface area contributed by atoms with E-state index in [0.29, 0.717) is 11.1 Å². The van der Waals surface area contributed by atoms with E-state index in [2.05, 4.69) is 11.8 Å². The second-order valence-electron chi connectivity index (χ2n) is 4.95. The van der Waals surface area contributed by atoms with Crippen molar-refractivity contribution in [3.05, 3.63) is 34.9 Å². The molecule has 1 aliphatic rings. The molecular weight excluding hydrogens is 290 g/mol. The van der Waals surface area contributed by atoms with Crippen molar-refractivity contribution in [3.63, 3.8) is 0 Å². The Morgan fingerprint density at radius 2 is 2.00 bits per heavy atom. The summed E-state index contributed by atoms with van der Waals surface area (Å²) in [4.78, 5) is 14.0. The Kier molecular flexibility index (Phi) is 4.66. The predicted octanol–water partition coefficient (Wildman–Crippen LogP) is 0.209. The molecule has 0 saturated carbocycles. The van der Waals surface area contributed by atoms with Gasteiger partial charge in [-0.25, -0.2) is 8.42 Å². The molecule has 1 amide bonds. The number of nitrogens with zero attached hydrogens (tertiary/aromatic N) is 1. The van der Waals surface area contributed by atoms with Crippen LogP contribution >= 0.6 is 0 Å². The van der Waals surface area contributed by atoms with Crippen molar-refractivity contribution in [1.82, 2.24) is 4.90 Å². The molecular formula is C15H17NO4S. The van der Waals surface area contributed by atoms with Gasteiger partial charge in [-0.3, -0.25) is 4.79 Å². The number of aliphatic hydroxyl groups is 1. The molecule has 6 heteroatoms. The van der Waals surface area contributed by atoms with Gasteiger partial charge in [0.25, 0.3) is 5.91 Å². The van der Waals surface area contributed by atoms with Crippen molar-refractivity contribution in [2.75, 3.05) is 31.2 Å². The zero-order valence-electron chi connectivity index (χ0n) is 11.8. The van der Waals surface area contributed by atoms with Crippen LogP contribution in [-0.2, 0) is 9.84 Å². The van der Waals surface area contributed by atoms with E-state index in [1.54, 1.807) is 12.1 Å². The number of benzene rings is 1. The van der Waals surface area contributed by atoms with Crippen LogP contribution in [0.15, 0.2) is 18.2 Å². The van der Waals surface area contributed by atoms with Gasteiger partial charge in [-0.2, -0.15) is 0 Å². The Morgan fingerprint density at radius 1 is 1.33 bits per heavy atom. The molecule has 0 spiro atoms. The van der Waals surface area contributed by atoms with Crippen LogP contribution in [0.25, 0.3) is 0 Å². The molecule has 1 aliphatic heterocycles. The summed E-state index contributed by atoms with van der Waals surface area (Å²) in [6.45, 7) is 2.04. The number of hydrogen-bond acceptors (Lipinski definition) is 4. The van der Waals surface area contributed by atoms with Crippen molar-refractivity contribution in [2.45, 2.75) is 6.92 Å². The van der Waals surface area contributed by atoms with E-state index in [-0.39, 0.29) is 37.1 Å². The van der Waals surface area contributed by atoms with E-state index in [9.17, 15) is 13.2 Å². The number of hydrogen-bond donors (Lipinski definition) is 1. The van der Waals surface area contributed by atoms with Crippen LogP contribution in [-0.4, -0.2) is 55.5 Å². The van der Waals surface area contributed by atoms with Gasteiger partial charge >= 0.3 is 0 Å². The number of aryl methyl sites for hydroxylation is 1. The molecule has 0 aromatic heterocycles. The van der Waals surface area contributed by atoms with E-state index in [0.717, 1.165) is 5.56 Å². The van der Waals surface area contributed by atoms with Crippen molar-refractivity contribution in [1.29, 1.82) is 0 Å². The normalized spacial score (nSPS) is 17.0. The Morgan fingerprint density at radius 3 is 2.62 bits per heavy atom. The van der Waals surface area contributed by atoms with E-state index < -0.39 is 9.84 Å². The molecule has 1 N–H and O–H groups in total. The third kappa shape index (κ3) is 3.84. The summed E-state index contributed by atoms with van der Waals surface area (Å²) in [6, 6.07) is 5.30. The number of sulfone groups is 1. The van der Waals surface area contributed by atoms with Gasteiger partial charge in [0.15, 0.2) is 9.84 Å². The fourth-order valence-electron chi connectivity index (χ4n) is 2.17. The number of aliphatic hydroxyl groups excluding tert-OH is 1. The average molecular weight is 307 g/mol. The minimum atomic E-state index is -3.02. The van der Waals surface area contributed by atoms with Gasteiger partial charge in [0.2, 0.25) is 0 Å². The Hall–Kier alpha value is -1.84. The fourth-order valence-corrected chi connectivity index (χ4v) is 3.37. The fraction of sp³-hybridized carbons (Fsp3) is 0.400. The quantitative estimate of drug-likeness (QED) is 0.753. The maximum atomic E-state index is 12.5. The molecule has 1 fully saturated rings. The second kappa shape index (κ2) is 6.29. The lowest BCUT2D eigenvalue weighted by molar-refractivity contribution is 0.0770. The van der Waals surface area contributed by atoms with E-state index in [4.69, 9.17) is 5.11 Å². The summed E-state index contributed by atoms with van der Waals surface area (Å²) < 4.78 is 22.8. The van der Waals surface area contributed by atoms with E-state index in [1.807, 2.05) is 13.0 Å². The zero-order valence-corrected chi connectivity index (χ0v) is 12.6. The van der Waals surface area contributed by atoms with Crippen molar-refractivity contribution in [3.8, 4) is 11.8 Å². The highest BCUT2D eigenvalue weighted by atomic mass is 32.2. The van der Waals surface area contributed by atoms with Crippen LogP contribution in [0.1, 0.15) is 21.5 Å². The SMILES string of the molecule is Cc1ccc(C(=O)N2CCS(=O)(=O)CC2)c(C#CCO)c1. The molecule has 1 aromatic carbocycles. The third-order valence-electron chi connectivity index (χ3n) is 3.34. The Bertz CT molecular complexity index is 699. The molecule has 0 atom stereocenters. The lowest BCUT2D eigenvalue weighted by Crippen LogP contribution is -2.43. The van der Waals surface area contributed by atoms with Gasteiger partial charge in [0.05, 0.1) is 17.1 Å². The number of carbonyl (C=O) groups excluding carboxylic acids is 1. The lowest BCUT2D eigenvalue weighted by Gasteiger charge is -2.27. The van der Waals surface area contributed by atoms with Gasteiger partial charge in [-0.15, -0.1) is 0 Å². The second-order valence-corrected chi connectivity index (χ2v) is 7.26. The monoisotopic (exact) mass is 307 g/mol. The van der Waals surface area contributed by atoms with Crippen LogP contribution in [0.4, 0.5) is 0 Å². The van der Waals surface area contributed by atoms with Gasteiger partial charge in [0, 0.05) is 18.7 Å². The minimum Gasteiger partial charge on any atom is -0.384 e. The van der Waals surface area contributed by atoms with Gasteiger partial charge in [-0.05, 0) is 24.6 Å². The van der Waals surface area contributed by atoms with Gasteiger partial charge in [-0.1, -0.05) is 17.9 Å². The minimum absolute atomic E-state index is 0.00224. The molecule has 1 saturated heterocycles. The highest BCUT2D eigenvalue weighted by Crippen LogP contribution is 2.15. The van der Waals surface area contributed by atoms with Crippen molar-refractivity contribution in [2.24, 2.45) is 0 Å². The molecule has 1 heterocycles. The first-order valence-corrected chi connectivity index (χ1v) is 8.45. The van der Waals surface area contributed by atoms with Crippen molar-refractivity contribution < 1.29 is 18.3 Å². The summed E-state index contributed by atoms with van der Waals surface area (Å²) in [5.41, 5.74) is 1.97. The smallest absolute Gasteiger partial charge is 0.255 e. The lowest BCUT2D eigenvalue weighted by atomic mass is 10.0. The van der Waals surface area contributed by atoms with Crippen LogP contribution in [0, 0.1) is 18.8 Å². The van der Waals surface area contributed by atoms with E-state index >= 15 is 0 Å². The molecule has 5 nitrogen and oxygen atoms in total. The molecule has 0 aliphatic carbocycles. The zero-order chi connectivity index (χ0) is 15.5. The standard InChI is InChI=1S/C15H17NO4S/c1-12-4-5-14(13(11-12)3-2-8-17)15(18)16-6-9-21(19,20)10-7-16/h4-5,11,17H,6-10H2,1H3. The molecule has 0 radical (unpaired) electrons. The third-order valence-corrected chi connectivity index (χ3v) is 4.95. The molecule has 2 rings (SSSR count). The molecule has 21 heavy (non-hydrogen) atoms. The molecule has 112 valence electrons. The summed E-state index contributed by atoms with van der Waals surface area (Å²) in [5.74, 6) is 5.11. The predicted molar refractivity (Wildman–Crippen MR) is 79.7 cm³/mol. The number of carbonyl (C=O) groups is 1. The Balaban J connectivity index is 2.27. The summed E-state index contributed by atoms with van der Waals surface area (Å²) in [6.07, 6.45) is 0. The van der Waals surface area contributed by atoms with Crippen LogP contribution in [0.5, 0.6) is 0 Å². The number of rotatable bonds is 1. The van der Waals surface area contributed by atoms with Gasteiger partial charge in [0.1, 0.15) is 6.61 Å². The van der Waals surface area contributed by atoms with Gasteiger partial charge < -0.3 is 10.0 Å². The molecule has 1 aromatic rings. The first-order chi connectivity index (χ1) is 9.93. The number of amides is 1. The molecule has 0 bridgehead atoms. The summed E-state index contributed by atoms with van der Waals surface area (Å²) >= 11 is 0. The topological polar surface area (TPSA) is 74.7 Å².